The molecule has 7 nitrogen and oxygen atoms in total. The molecular weight excluding hydrogens is 344 g/mol. The first-order valence-corrected chi connectivity index (χ1v) is 9.79. The molecule has 2 N–H and O–H groups in total. The van der Waals surface area contributed by atoms with Gasteiger partial charge in [0.1, 0.15) is 12.3 Å². The number of hydrogen-bond acceptors (Lipinski definition) is 3. The van der Waals surface area contributed by atoms with Crippen molar-refractivity contribution in [2.75, 3.05) is 25.0 Å². The van der Waals surface area contributed by atoms with Crippen LogP contribution in [0, 0.1) is 0 Å². The Balaban J connectivity index is 1.84. The predicted octanol–water partition coefficient (Wildman–Crippen LogP) is 3.77. The third-order valence-corrected chi connectivity index (χ3v) is 4.29. The fourth-order valence-electron chi connectivity index (χ4n) is 2.91. The normalized spacial score (nSPS) is 15.1. The standard InChI is InChI=1S/C20H30N4O3/c1-3-5-6-7-8-9-14-24-15-18(25)22-19(24)23-20(26)21-16-10-12-17(13-11-16)27-4-2/h10-13H,3-9,14-15H2,1-2H3,(H2,21,22,23,25,26). The molecule has 1 aromatic rings. The van der Waals surface area contributed by atoms with Crippen molar-refractivity contribution in [3.05, 3.63) is 24.3 Å². The number of carbonyl (C=O) groups excluding carboxylic acids is 2. The van der Waals surface area contributed by atoms with Gasteiger partial charge in [0.25, 0.3) is 0 Å². The summed E-state index contributed by atoms with van der Waals surface area (Å²) >= 11 is 0. The van der Waals surface area contributed by atoms with E-state index in [1.165, 1.54) is 25.7 Å². The Bertz CT molecular complexity index is 643. The minimum Gasteiger partial charge on any atom is -0.494 e. The molecule has 1 saturated heterocycles. The van der Waals surface area contributed by atoms with E-state index in [2.05, 4.69) is 22.5 Å². The fraction of sp³-hybridized carbons (Fsp3) is 0.550. The summed E-state index contributed by atoms with van der Waals surface area (Å²) in [5.74, 6) is 0.945. The van der Waals surface area contributed by atoms with Gasteiger partial charge >= 0.3 is 6.03 Å². The molecule has 1 aliphatic rings. The summed E-state index contributed by atoms with van der Waals surface area (Å²) in [5, 5.41) is 5.37. The van der Waals surface area contributed by atoms with Gasteiger partial charge in [-0.2, -0.15) is 4.99 Å². The Morgan fingerprint density at radius 1 is 1.15 bits per heavy atom. The zero-order chi connectivity index (χ0) is 19.5. The molecule has 0 saturated carbocycles. The van der Waals surface area contributed by atoms with Gasteiger partial charge in [-0.3, -0.25) is 10.1 Å². The zero-order valence-electron chi connectivity index (χ0n) is 16.3. The minimum atomic E-state index is -0.510. The molecule has 0 aromatic heterocycles. The number of urea groups is 1. The number of ether oxygens (including phenoxy) is 1. The van der Waals surface area contributed by atoms with Crippen molar-refractivity contribution in [3.8, 4) is 5.75 Å². The highest BCUT2D eigenvalue weighted by atomic mass is 16.5. The van der Waals surface area contributed by atoms with E-state index in [0.717, 1.165) is 25.1 Å². The number of rotatable bonds is 10. The van der Waals surface area contributed by atoms with Crippen LogP contribution in [0.1, 0.15) is 52.4 Å². The van der Waals surface area contributed by atoms with Gasteiger partial charge < -0.3 is 15.0 Å². The van der Waals surface area contributed by atoms with Crippen LogP contribution in [0.25, 0.3) is 0 Å². The molecule has 1 aliphatic heterocycles. The molecule has 3 amide bonds. The molecule has 2 rings (SSSR count). The monoisotopic (exact) mass is 374 g/mol. The Morgan fingerprint density at radius 2 is 1.85 bits per heavy atom. The molecule has 7 heteroatoms. The fourth-order valence-corrected chi connectivity index (χ4v) is 2.91. The molecule has 1 heterocycles. The summed E-state index contributed by atoms with van der Waals surface area (Å²) in [6, 6.07) is 6.57. The summed E-state index contributed by atoms with van der Waals surface area (Å²) in [5.41, 5.74) is 0.625. The number of anilines is 1. The van der Waals surface area contributed by atoms with Crippen LogP contribution < -0.4 is 15.4 Å². The van der Waals surface area contributed by atoms with Crippen molar-refractivity contribution >= 4 is 23.6 Å². The Hall–Kier alpha value is -2.57. The maximum atomic E-state index is 12.2. The van der Waals surface area contributed by atoms with Crippen molar-refractivity contribution in [2.45, 2.75) is 52.4 Å². The van der Waals surface area contributed by atoms with Crippen LogP contribution in [0.5, 0.6) is 5.75 Å². The lowest BCUT2D eigenvalue weighted by Crippen LogP contribution is -2.32. The van der Waals surface area contributed by atoms with E-state index in [4.69, 9.17) is 4.74 Å². The molecule has 0 aliphatic carbocycles. The summed E-state index contributed by atoms with van der Waals surface area (Å²) < 4.78 is 5.37. The molecule has 27 heavy (non-hydrogen) atoms. The topological polar surface area (TPSA) is 83.0 Å². The van der Waals surface area contributed by atoms with Crippen molar-refractivity contribution in [3.63, 3.8) is 0 Å². The van der Waals surface area contributed by atoms with Gasteiger partial charge in [-0.1, -0.05) is 39.0 Å². The first-order chi connectivity index (χ1) is 13.1. The average molecular weight is 374 g/mol. The van der Waals surface area contributed by atoms with Crippen molar-refractivity contribution in [2.24, 2.45) is 4.99 Å². The third-order valence-electron chi connectivity index (χ3n) is 4.29. The van der Waals surface area contributed by atoms with Crippen LogP contribution in [-0.2, 0) is 4.79 Å². The lowest BCUT2D eigenvalue weighted by atomic mass is 10.1. The summed E-state index contributed by atoms with van der Waals surface area (Å²) in [4.78, 5) is 29.7. The molecular formula is C20H30N4O3. The first-order valence-electron chi connectivity index (χ1n) is 9.79. The quantitative estimate of drug-likeness (QED) is 0.611. The van der Waals surface area contributed by atoms with Crippen molar-refractivity contribution in [1.29, 1.82) is 0 Å². The number of nitrogens with one attached hydrogen (secondary N) is 2. The predicted molar refractivity (Wildman–Crippen MR) is 107 cm³/mol. The van der Waals surface area contributed by atoms with Gasteiger partial charge in [-0.15, -0.1) is 0 Å². The van der Waals surface area contributed by atoms with E-state index in [0.29, 0.717) is 18.3 Å². The van der Waals surface area contributed by atoms with E-state index in [-0.39, 0.29) is 12.5 Å². The second-order valence-electron chi connectivity index (χ2n) is 6.56. The smallest absolute Gasteiger partial charge is 0.348 e. The van der Waals surface area contributed by atoms with Crippen LogP contribution in [0.4, 0.5) is 10.5 Å². The van der Waals surface area contributed by atoms with E-state index in [1.807, 2.05) is 11.8 Å². The van der Waals surface area contributed by atoms with Gasteiger partial charge in [-0.05, 0) is 37.6 Å². The highest BCUT2D eigenvalue weighted by Gasteiger charge is 2.25. The highest BCUT2D eigenvalue weighted by Crippen LogP contribution is 2.16. The number of unbranched alkanes of at least 4 members (excludes halogenated alkanes) is 5. The van der Waals surface area contributed by atoms with Crippen LogP contribution in [-0.4, -0.2) is 42.5 Å². The minimum absolute atomic E-state index is 0.131. The van der Waals surface area contributed by atoms with Gasteiger partial charge in [0, 0.05) is 12.2 Å². The van der Waals surface area contributed by atoms with Gasteiger partial charge in [-0.25, -0.2) is 4.79 Å². The summed E-state index contributed by atoms with van der Waals surface area (Å²) in [6.07, 6.45) is 7.05. The molecule has 0 radical (unpaired) electrons. The second kappa shape index (κ2) is 11.2. The summed E-state index contributed by atoms with van der Waals surface area (Å²) in [7, 11) is 0. The average Bonchev–Trinajstić information content (AvgIpc) is 2.99. The maximum absolute atomic E-state index is 12.2. The third kappa shape index (κ3) is 7.29. The number of aliphatic imine (C=N–C) groups is 1. The molecule has 0 unspecified atom stereocenters. The molecule has 1 fully saturated rings. The van der Waals surface area contributed by atoms with Crippen molar-refractivity contribution < 1.29 is 14.3 Å². The highest BCUT2D eigenvalue weighted by molar-refractivity contribution is 6.09. The Morgan fingerprint density at radius 3 is 2.56 bits per heavy atom. The van der Waals surface area contributed by atoms with Gasteiger partial charge in [0.2, 0.25) is 11.9 Å². The largest absolute Gasteiger partial charge is 0.494 e. The SMILES string of the molecule is CCCCCCCCN1CC(=O)NC1=NC(=O)Nc1ccc(OCC)cc1. The molecule has 0 bridgehead atoms. The summed E-state index contributed by atoms with van der Waals surface area (Å²) in [6.45, 7) is 5.68. The van der Waals surface area contributed by atoms with Crippen LogP contribution in [0.3, 0.4) is 0 Å². The zero-order valence-corrected chi connectivity index (χ0v) is 16.3. The number of amides is 3. The lowest BCUT2D eigenvalue weighted by molar-refractivity contribution is -0.118. The van der Waals surface area contributed by atoms with Crippen LogP contribution in [0.2, 0.25) is 0 Å². The van der Waals surface area contributed by atoms with Gasteiger partial charge in [0.05, 0.1) is 6.61 Å². The number of benzene rings is 1. The molecule has 1 aromatic carbocycles. The number of guanidine groups is 1. The number of carbonyl (C=O) groups is 2. The van der Waals surface area contributed by atoms with Crippen LogP contribution in [0.15, 0.2) is 29.3 Å². The van der Waals surface area contributed by atoms with E-state index < -0.39 is 6.03 Å². The second-order valence-corrected chi connectivity index (χ2v) is 6.56. The molecule has 0 atom stereocenters. The van der Waals surface area contributed by atoms with Crippen LogP contribution >= 0.6 is 0 Å². The Kier molecular flexibility index (Phi) is 8.61. The first kappa shape index (κ1) is 20.7. The van der Waals surface area contributed by atoms with Crippen molar-refractivity contribution in [1.82, 2.24) is 10.2 Å². The molecule has 0 spiro atoms. The maximum Gasteiger partial charge on any atom is 0.348 e. The number of nitrogens with zero attached hydrogens (tertiary/aromatic N) is 2. The van der Waals surface area contributed by atoms with E-state index in [1.54, 1.807) is 24.3 Å². The lowest BCUT2D eigenvalue weighted by Gasteiger charge is -2.16. The molecule has 148 valence electrons. The van der Waals surface area contributed by atoms with E-state index >= 15 is 0 Å². The number of hydrogen-bond donors (Lipinski definition) is 2. The van der Waals surface area contributed by atoms with Gasteiger partial charge in [0.15, 0.2) is 0 Å². The van der Waals surface area contributed by atoms with E-state index in [9.17, 15) is 9.59 Å². The Labute approximate surface area is 161 Å².